The number of hydrogen-bond acceptors (Lipinski definition) is 3. The largest absolute Gasteiger partial charge is 0.379 e. The first-order chi connectivity index (χ1) is 18.4. The van der Waals surface area contributed by atoms with Crippen molar-refractivity contribution in [2.75, 3.05) is 26.4 Å². The zero-order valence-corrected chi connectivity index (χ0v) is 24.9. The van der Waals surface area contributed by atoms with E-state index in [1.807, 2.05) is 6.07 Å². The van der Waals surface area contributed by atoms with Crippen molar-refractivity contribution in [3.05, 3.63) is 35.9 Å². The Morgan fingerprint density at radius 3 is 1.43 bits per heavy atom. The third-order valence-corrected chi connectivity index (χ3v) is 7.21. The van der Waals surface area contributed by atoms with Crippen LogP contribution in [0.5, 0.6) is 0 Å². The van der Waals surface area contributed by atoms with Crippen LogP contribution in [0.3, 0.4) is 0 Å². The second kappa shape index (κ2) is 28.1. The molecule has 0 N–H and O–H groups in total. The number of benzene rings is 1. The fourth-order valence-corrected chi connectivity index (χ4v) is 4.77. The SMILES string of the molecule is CCCCCCCCCCCCOC[C@H](COCc1ccccc1)OCCCCCCCCCCCC. The quantitative estimate of drug-likeness (QED) is 0.0987. The Morgan fingerprint density at radius 1 is 0.486 bits per heavy atom. The molecule has 1 aromatic rings. The van der Waals surface area contributed by atoms with Gasteiger partial charge in [0.25, 0.3) is 0 Å². The van der Waals surface area contributed by atoms with Gasteiger partial charge >= 0.3 is 0 Å². The van der Waals surface area contributed by atoms with Crippen LogP contribution in [-0.2, 0) is 20.8 Å². The molecule has 0 fully saturated rings. The van der Waals surface area contributed by atoms with E-state index in [4.69, 9.17) is 14.2 Å². The van der Waals surface area contributed by atoms with E-state index < -0.39 is 0 Å². The van der Waals surface area contributed by atoms with Gasteiger partial charge in [-0.15, -0.1) is 0 Å². The highest BCUT2D eigenvalue weighted by Gasteiger charge is 2.10. The van der Waals surface area contributed by atoms with Crippen LogP contribution in [0.25, 0.3) is 0 Å². The summed E-state index contributed by atoms with van der Waals surface area (Å²) in [6, 6.07) is 10.4. The second-order valence-electron chi connectivity index (χ2n) is 10.9. The summed E-state index contributed by atoms with van der Waals surface area (Å²) in [4.78, 5) is 0. The molecule has 3 heteroatoms. The molecule has 0 aliphatic heterocycles. The lowest BCUT2D eigenvalue weighted by Crippen LogP contribution is -2.26. The first-order valence-corrected chi connectivity index (χ1v) is 16.2. The lowest BCUT2D eigenvalue weighted by molar-refractivity contribution is -0.0645. The van der Waals surface area contributed by atoms with Gasteiger partial charge in [0.15, 0.2) is 0 Å². The molecule has 0 heterocycles. The molecule has 0 unspecified atom stereocenters. The van der Waals surface area contributed by atoms with E-state index in [1.165, 1.54) is 121 Å². The molecule has 0 aliphatic rings. The van der Waals surface area contributed by atoms with Crippen molar-refractivity contribution < 1.29 is 14.2 Å². The highest BCUT2D eigenvalue weighted by Crippen LogP contribution is 2.12. The lowest BCUT2D eigenvalue weighted by atomic mass is 10.1. The molecule has 0 radical (unpaired) electrons. The van der Waals surface area contributed by atoms with Crippen molar-refractivity contribution in [1.29, 1.82) is 0 Å². The molecule has 0 spiro atoms. The Balaban J connectivity index is 2.09. The molecule has 0 bridgehead atoms. The smallest absolute Gasteiger partial charge is 0.104 e. The van der Waals surface area contributed by atoms with Crippen LogP contribution in [0.4, 0.5) is 0 Å². The van der Waals surface area contributed by atoms with Gasteiger partial charge in [-0.05, 0) is 18.4 Å². The maximum absolute atomic E-state index is 6.20. The van der Waals surface area contributed by atoms with E-state index in [9.17, 15) is 0 Å². The van der Waals surface area contributed by atoms with Crippen molar-refractivity contribution in [3.8, 4) is 0 Å². The highest BCUT2D eigenvalue weighted by atomic mass is 16.6. The van der Waals surface area contributed by atoms with Crippen molar-refractivity contribution >= 4 is 0 Å². The zero-order chi connectivity index (χ0) is 26.5. The van der Waals surface area contributed by atoms with Crippen molar-refractivity contribution in [3.63, 3.8) is 0 Å². The van der Waals surface area contributed by atoms with Gasteiger partial charge < -0.3 is 14.2 Å². The van der Waals surface area contributed by atoms with E-state index in [1.54, 1.807) is 0 Å². The Bertz CT molecular complexity index is 547. The molecule has 0 saturated carbocycles. The molecule has 1 rings (SSSR count). The number of unbranched alkanes of at least 4 members (excludes halogenated alkanes) is 18. The van der Waals surface area contributed by atoms with Crippen LogP contribution in [0.15, 0.2) is 30.3 Å². The second-order valence-corrected chi connectivity index (χ2v) is 10.9. The molecule has 37 heavy (non-hydrogen) atoms. The van der Waals surface area contributed by atoms with Gasteiger partial charge in [-0.2, -0.15) is 0 Å². The van der Waals surface area contributed by atoms with E-state index in [0.717, 1.165) is 26.1 Å². The summed E-state index contributed by atoms with van der Waals surface area (Å²) in [6.45, 7) is 8.11. The molecule has 1 atom stereocenters. The molecule has 0 saturated heterocycles. The number of rotatable bonds is 29. The molecule has 1 aromatic carbocycles. The molecule has 0 amide bonds. The number of ether oxygens (including phenoxy) is 3. The summed E-state index contributed by atoms with van der Waals surface area (Å²) in [5, 5.41) is 0. The average molecular weight is 519 g/mol. The predicted octanol–water partition coefficient (Wildman–Crippen LogP) is 10.4. The van der Waals surface area contributed by atoms with Gasteiger partial charge in [0, 0.05) is 13.2 Å². The normalized spacial score (nSPS) is 12.3. The molecule has 0 aromatic heterocycles. The fraction of sp³-hybridized carbons (Fsp3) is 0.824. The Kier molecular flexibility index (Phi) is 25.9. The summed E-state index contributed by atoms with van der Waals surface area (Å²) in [5.74, 6) is 0. The molecule has 0 aliphatic carbocycles. The van der Waals surface area contributed by atoms with Gasteiger partial charge in [-0.3, -0.25) is 0 Å². The van der Waals surface area contributed by atoms with Crippen LogP contribution in [0.1, 0.15) is 148 Å². The highest BCUT2D eigenvalue weighted by molar-refractivity contribution is 5.13. The van der Waals surface area contributed by atoms with Crippen molar-refractivity contribution in [2.45, 2.75) is 155 Å². The Morgan fingerprint density at radius 2 is 0.919 bits per heavy atom. The molecule has 216 valence electrons. The average Bonchev–Trinajstić information content (AvgIpc) is 2.92. The van der Waals surface area contributed by atoms with Crippen LogP contribution in [0, 0.1) is 0 Å². The van der Waals surface area contributed by atoms with Crippen LogP contribution in [0.2, 0.25) is 0 Å². The first-order valence-electron chi connectivity index (χ1n) is 16.2. The maximum Gasteiger partial charge on any atom is 0.104 e. The van der Waals surface area contributed by atoms with Crippen LogP contribution >= 0.6 is 0 Å². The summed E-state index contributed by atoms with van der Waals surface area (Å²) in [7, 11) is 0. The van der Waals surface area contributed by atoms with Crippen LogP contribution in [-0.4, -0.2) is 32.5 Å². The van der Waals surface area contributed by atoms with E-state index in [-0.39, 0.29) is 6.10 Å². The number of hydrogen-bond donors (Lipinski definition) is 0. The summed E-state index contributed by atoms with van der Waals surface area (Å²) >= 11 is 0. The van der Waals surface area contributed by atoms with Gasteiger partial charge in [0.2, 0.25) is 0 Å². The third kappa shape index (κ3) is 23.9. The van der Waals surface area contributed by atoms with Crippen molar-refractivity contribution in [1.82, 2.24) is 0 Å². The fourth-order valence-electron chi connectivity index (χ4n) is 4.77. The Labute approximate surface area is 231 Å². The zero-order valence-electron chi connectivity index (χ0n) is 24.9. The van der Waals surface area contributed by atoms with Gasteiger partial charge in [0.05, 0.1) is 19.8 Å². The minimum atomic E-state index is 0.0328. The standard InChI is InChI=1S/C34H62O3/c1-3-5-7-9-11-13-15-17-19-24-28-35-31-34(32-36-30-33-26-22-21-23-27-33)37-29-25-20-18-16-14-12-10-8-6-4-2/h21-23,26-27,34H,3-20,24-25,28-32H2,1-2H3/t34-/m1/s1. The molecular weight excluding hydrogens is 456 g/mol. The first kappa shape index (κ1) is 34.1. The summed E-state index contributed by atoms with van der Waals surface area (Å²) < 4.78 is 18.2. The summed E-state index contributed by atoms with van der Waals surface area (Å²) in [5.41, 5.74) is 1.21. The van der Waals surface area contributed by atoms with Gasteiger partial charge in [0.1, 0.15) is 6.10 Å². The summed E-state index contributed by atoms with van der Waals surface area (Å²) in [6.07, 6.45) is 27.1. The van der Waals surface area contributed by atoms with E-state index in [2.05, 4.69) is 38.1 Å². The minimum Gasteiger partial charge on any atom is -0.379 e. The lowest BCUT2D eigenvalue weighted by Gasteiger charge is -2.18. The molecule has 3 nitrogen and oxygen atoms in total. The van der Waals surface area contributed by atoms with Gasteiger partial charge in [-0.25, -0.2) is 0 Å². The van der Waals surface area contributed by atoms with Gasteiger partial charge in [-0.1, -0.05) is 160 Å². The maximum atomic E-state index is 6.20. The minimum absolute atomic E-state index is 0.0328. The Hall–Kier alpha value is -0.900. The monoisotopic (exact) mass is 518 g/mol. The van der Waals surface area contributed by atoms with Crippen molar-refractivity contribution in [2.24, 2.45) is 0 Å². The van der Waals surface area contributed by atoms with E-state index in [0.29, 0.717) is 19.8 Å². The van der Waals surface area contributed by atoms with E-state index >= 15 is 0 Å². The predicted molar refractivity (Wildman–Crippen MR) is 160 cm³/mol. The topological polar surface area (TPSA) is 27.7 Å². The van der Waals surface area contributed by atoms with Crippen LogP contribution < -0.4 is 0 Å². The molecular formula is C34H62O3. The third-order valence-electron chi connectivity index (χ3n) is 7.21.